The zero-order valence-corrected chi connectivity index (χ0v) is 9.62. The molecule has 0 bridgehead atoms. The molecular formula is C13H11NO4. The maximum Gasteiger partial charge on any atom is 0.300 e. The number of hydrogen-bond acceptors (Lipinski definition) is 4. The SMILES string of the molecule is CC(=O)O.Oc1cocc2nc3ccccc3c1-2. The van der Waals surface area contributed by atoms with E-state index in [2.05, 4.69) is 4.98 Å². The van der Waals surface area contributed by atoms with Crippen LogP contribution in [0.15, 0.2) is 41.2 Å². The molecule has 0 spiro atoms. The predicted molar refractivity (Wildman–Crippen MR) is 65.6 cm³/mol. The Bertz CT molecular complexity index is 655. The standard InChI is InChI=1S/C11H7NO2.C2H4O2/c13-10-6-14-5-9-11(10)7-3-1-2-4-8(7)12-9;1-2(3)4/h1-6,13H;1H3,(H,3,4). The smallest absolute Gasteiger partial charge is 0.300 e. The Labute approximate surface area is 103 Å². The van der Waals surface area contributed by atoms with Crippen LogP contribution in [0.1, 0.15) is 6.92 Å². The van der Waals surface area contributed by atoms with Crippen molar-refractivity contribution >= 4 is 16.9 Å². The number of carbonyl (C=O) groups is 1. The Balaban J connectivity index is 0.000000267. The molecule has 0 amide bonds. The second-order valence-electron chi connectivity index (χ2n) is 3.67. The van der Waals surface area contributed by atoms with Gasteiger partial charge in [-0.2, -0.15) is 0 Å². The number of carboxylic acid groups (broad SMARTS) is 1. The minimum absolute atomic E-state index is 0.135. The van der Waals surface area contributed by atoms with Crippen LogP contribution in [-0.2, 0) is 4.79 Å². The van der Waals surface area contributed by atoms with E-state index in [-0.39, 0.29) is 5.75 Å². The van der Waals surface area contributed by atoms with Crippen LogP contribution in [0.3, 0.4) is 0 Å². The summed E-state index contributed by atoms with van der Waals surface area (Å²) in [4.78, 5) is 13.3. The van der Waals surface area contributed by atoms with Crippen LogP contribution in [0.5, 0.6) is 5.75 Å². The van der Waals surface area contributed by atoms with Crippen molar-refractivity contribution in [3.05, 3.63) is 36.8 Å². The number of hydrogen-bond donors (Lipinski definition) is 2. The Morgan fingerprint density at radius 1 is 1.28 bits per heavy atom. The van der Waals surface area contributed by atoms with Crippen molar-refractivity contribution in [1.29, 1.82) is 0 Å². The number of para-hydroxylation sites is 1. The Hall–Kier alpha value is -2.56. The number of rotatable bonds is 0. The van der Waals surface area contributed by atoms with Gasteiger partial charge in [0.15, 0.2) is 5.75 Å². The van der Waals surface area contributed by atoms with Crippen LogP contribution in [0.4, 0.5) is 0 Å². The monoisotopic (exact) mass is 245 g/mol. The lowest BCUT2D eigenvalue weighted by Crippen LogP contribution is -1.78. The summed E-state index contributed by atoms with van der Waals surface area (Å²) < 4.78 is 4.94. The van der Waals surface area contributed by atoms with Gasteiger partial charge in [0.05, 0.1) is 11.1 Å². The summed E-state index contributed by atoms with van der Waals surface area (Å²) in [5, 5.41) is 18.0. The van der Waals surface area contributed by atoms with Crippen molar-refractivity contribution in [3.63, 3.8) is 0 Å². The first-order valence-electron chi connectivity index (χ1n) is 5.22. The molecule has 0 saturated heterocycles. The first-order chi connectivity index (χ1) is 8.59. The van der Waals surface area contributed by atoms with Crippen molar-refractivity contribution in [1.82, 2.24) is 4.98 Å². The second-order valence-corrected chi connectivity index (χ2v) is 3.67. The van der Waals surface area contributed by atoms with Crippen LogP contribution >= 0.6 is 0 Å². The molecule has 5 nitrogen and oxygen atoms in total. The predicted octanol–water partition coefficient (Wildman–Crippen LogP) is 2.73. The second kappa shape index (κ2) is 4.75. The molecule has 1 aromatic rings. The highest BCUT2D eigenvalue weighted by atomic mass is 16.4. The van der Waals surface area contributed by atoms with Gasteiger partial charge in [-0.05, 0) is 6.07 Å². The number of aromatic nitrogens is 1. The minimum atomic E-state index is -0.833. The van der Waals surface area contributed by atoms with Gasteiger partial charge in [0.25, 0.3) is 5.97 Å². The van der Waals surface area contributed by atoms with Crippen molar-refractivity contribution in [3.8, 4) is 17.0 Å². The number of nitrogens with zero attached hydrogens (tertiary/aromatic N) is 1. The molecule has 3 rings (SSSR count). The van der Waals surface area contributed by atoms with Crippen LogP contribution < -0.4 is 0 Å². The first kappa shape index (κ1) is 11.9. The molecule has 18 heavy (non-hydrogen) atoms. The highest BCUT2D eigenvalue weighted by Gasteiger charge is 2.15. The average Bonchev–Trinajstić information content (AvgIpc) is 2.67. The molecule has 1 aromatic carbocycles. The first-order valence-corrected chi connectivity index (χ1v) is 5.22. The fourth-order valence-electron chi connectivity index (χ4n) is 1.68. The molecule has 0 aliphatic carbocycles. The third kappa shape index (κ3) is 2.24. The van der Waals surface area contributed by atoms with E-state index in [4.69, 9.17) is 14.3 Å². The summed E-state index contributed by atoms with van der Waals surface area (Å²) in [6.45, 7) is 1.08. The van der Waals surface area contributed by atoms with Crippen LogP contribution in [0, 0.1) is 0 Å². The minimum Gasteiger partial charge on any atom is -0.504 e. The van der Waals surface area contributed by atoms with E-state index < -0.39 is 5.97 Å². The fourth-order valence-corrected chi connectivity index (χ4v) is 1.68. The molecule has 5 heteroatoms. The molecule has 2 aliphatic heterocycles. The Morgan fingerprint density at radius 2 is 1.94 bits per heavy atom. The molecular weight excluding hydrogens is 234 g/mol. The third-order valence-electron chi connectivity index (χ3n) is 2.29. The lowest BCUT2D eigenvalue weighted by Gasteiger charge is -1.98. The number of aliphatic carboxylic acids is 1. The molecule has 0 saturated carbocycles. The van der Waals surface area contributed by atoms with Gasteiger partial charge in [0.2, 0.25) is 0 Å². The van der Waals surface area contributed by atoms with Crippen molar-refractivity contribution in [2.45, 2.75) is 6.92 Å². The topological polar surface area (TPSA) is 83.6 Å². The molecule has 0 fully saturated rings. The van der Waals surface area contributed by atoms with Gasteiger partial charge in [0.1, 0.15) is 18.2 Å². The van der Waals surface area contributed by atoms with Crippen molar-refractivity contribution in [2.24, 2.45) is 0 Å². The number of aromatic hydroxyl groups is 1. The zero-order valence-electron chi connectivity index (χ0n) is 9.62. The Kier molecular flexibility index (Phi) is 3.14. The van der Waals surface area contributed by atoms with Gasteiger partial charge in [-0.1, -0.05) is 18.2 Å². The van der Waals surface area contributed by atoms with E-state index in [9.17, 15) is 5.11 Å². The molecule has 0 unspecified atom stereocenters. The summed E-state index contributed by atoms with van der Waals surface area (Å²) >= 11 is 0. The van der Waals surface area contributed by atoms with E-state index in [1.54, 1.807) is 0 Å². The molecule has 2 aliphatic rings. The van der Waals surface area contributed by atoms with Gasteiger partial charge in [-0.15, -0.1) is 0 Å². The summed E-state index contributed by atoms with van der Waals surface area (Å²) in [5.41, 5.74) is 2.32. The van der Waals surface area contributed by atoms with Gasteiger partial charge in [0, 0.05) is 12.3 Å². The van der Waals surface area contributed by atoms with Crippen LogP contribution in [-0.4, -0.2) is 21.2 Å². The van der Waals surface area contributed by atoms with E-state index in [1.165, 1.54) is 12.5 Å². The summed E-state index contributed by atoms with van der Waals surface area (Å²) in [5.74, 6) is -0.698. The normalized spacial score (nSPS) is 10.1. The fraction of sp³-hybridized carbons (Fsp3) is 0.0769. The number of carboxylic acids is 1. The largest absolute Gasteiger partial charge is 0.504 e. The van der Waals surface area contributed by atoms with E-state index in [0.717, 1.165) is 23.4 Å². The van der Waals surface area contributed by atoms with Gasteiger partial charge in [-0.3, -0.25) is 4.79 Å². The molecule has 0 atom stereocenters. The number of benzene rings is 1. The lowest BCUT2D eigenvalue weighted by atomic mass is 10.1. The number of fused-ring (bicyclic) bond motifs is 3. The average molecular weight is 245 g/mol. The summed E-state index contributed by atoms with van der Waals surface area (Å²) in [7, 11) is 0. The molecule has 0 aromatic heterocycles. The van der Waals surface area contributed by atoms with E-state index in [1.807, 2.05) is 24.3 Å². The molecule has 2 N–H and O–H groups in total. The zero-order chi connectivity index (χ0) is 13.1. The van der Waals surface area contributed by atoms with Crippen molar-refractivity contribution in [2.75, 3.05) is 0 Å². The van der Waals surface area contributed by atoms with Crippen LogP contribution in [0.2, 0.25) is 0 Å². The summed E-state index contributed by atoms with van der Waals surface area (Å²) in [6, 6.07) is 7.69. The lowest BCUT2D eigenvalue weighted by molar-refractivity contribution is -0.134. The molecule has 0 radical (unpaired) electrons. The third-order valence-corrected chi connectivity index (χ3v) is 2.29. The highest BCUT2D eigenvalue weighted by molar-refractivity contribution is 5.99. The highest BCUT2D eigenvalue weighted by Crippen LogP contribution is 2.37. The maximum atomic E-state index is 9.62. The van der Waals surface area contributed by atoms with Gasteiger partial charge >= 0.3 is 0 Å². The molecule has 2 heterocycles. The quantitative estimate of drug-likeness (QED) is 0.636. The van der Waals surface area contributed by atoms with Gasteiger partial charge < -0.3 is 14.6 Å². The maximum absolute atomic E-state index is 9.62. The van der Waals surface area contributed by atoms with Gasteiger partial charge in [-0.25, -0.2) is 4.98 Å². The van der Waals surface area contributed by atoms with E-state index in [0.29, 0.717) is 5.69 Å². The van der Waals surface area contributed by atoms with E-state index >= 15 is 0 Å². The van der Waals surface area contributed by atoms with Crippen LogP contribution in [0.25, 0.3) is 22.2 Å². The Morgan fingerprint density at radius 3 is 2.67 bits per heavy atom. The summed E-state index contributed by atoms with van der Waals surface area (Å²) in [6.07, 6.45) is 2.85. The van der Waals surface area contributed by atoms with Crippen molar-refractivity contribution < 1.29 is 19.4 Å². The molecule has 92 valence electrons.